The monoisotopic (exact) mass is 225 g/mol. The minimum absolute atomic E-state index is 0.700. The van der Waals surface area contributed by atoms with Crippen molar-refractivity contribution in [3.05, 3.63) is 66.8 Å². The quantitative estimate of drug-likeness (QED) is 0.729. The Morgan fingerprint density at radius 1 is 1.12 bits per heavy atom. The van der Waals surface area contributed by atoms with Gasteiger partial charge < -0.3 is 4.74 Å². The lowest BCUT2D eigenvalue weighted by Crippen LogP contribution is -1.99. The largest absolute Gasteiger partial charge is 0.494 e. The highest BCUT2D eigenvalue weighted by Crippen LogP contribution is 2.12. The van der Waals surface area contributed by atoms with Crippen molar-refractivity contribution >= 4 is 0 Å². The Balaban J connectivity index is 1.73. The predicted molar refractivity (Wildman–Crippen MR) is 67.9 cm³/mol. The Kier molecular flexibility index (Phi) is 4.14. The van der Waals surface area contributed by atoms with E-state index in [1.54, 1.807) is 0 Å². The highest BCUT2D eigenvalue weighted by atomic mass is 16.5. The van der Waals surface area contributed by atoms with Crippen molar-refractivity contribution < 1.29 is 4.74 Å². The van der Waals surface area contributed by atoms with Gasteiger partial charge in [-0.2, -0.15) is 0 Å². The summed E-state index contributed by atoms with van der Waals surface area (Å²) in [5.41, 5.74) is 2.02. The molecular weight excluding hydrogens is 210 g/mol. The lowest BCUT2D eigenvalue weighted by Gasteiger charge is -2.06. The molecule has 0 amide bonds. The molecule has 1 aromatic carbocycles. The second kappa shape index (κ2) is 6.04. The SMILES string of the molecule is [CH]c1cccc(OCCCc2ccncc2)c1. The first-order valence-electron chi connectivity index (χ1n) is 5.72. The molecule has 0 spiro atoms. The normalized spacial score (nSPS) is 10.2. The molecule has 0 fully saturated rings. The zero-order valence-electron chi connectivity index (χ0n) is 9.67. The smallest absolute Gasteiger partial charge is 0.119 e. The van der Waals surface area contributed by atoms with Gasteiger partial charge in [-0.15, -0.1) is 0 Å². The number of nitrogens with zero attached hydrogens (tertiary/aromatic N) is 1. The molecule has 0 N–H and O–H groups in total. The van der Waals surface area contributed by atoms with Crippen molar-refractivity contribution in [2.45, 2.75) is 12.8 Å². The van der Waals surface area contributed by atoms with Crippen LogP contribution in [0, 0.1) is 6.92 Å². The lowest BCUT2D eigenvalue weighted by molar-refractivity contribution is 0.311. The van der Waals surface area contributed by atoms with Crippen LogP contribution in [0.15, 0.2) is 48.8 Å². The number of hydrogen-bond acceptors (Lipinski definition) is 2. The summed E-state index contributed by atoms with van der Waals surface area (Å²) >= 11 is 0. The molecule has 0 atom stereocenters. The molecule has 1 heterocycles. The summed E-state index contributed by atoms with van der Waals surface area (Å²) in [5, 5.41) is 0. The average Bonchev–Trinajstić information content (AvgIpc) is 2.36. The standard InChI is InChI=1S/C15H15NO/c1-13-4-2-6-15(12-13)17-11-3-5-14-7-9-16-10-8-14/h1-2,4,6-10,12H,3,5,11H2. The van der Waals surface area contributed by atoms with Gasteiger partial charge in [0, 0.05) is 12.4 Å². The van der Waals surface area contributed by atoms with Gasteiger partial charge in [-0.05, 0) is 55.2 Å². The minimum atomic E-state index is 0.700. The molecule has 0 aliphatic carbocycles. The minimum Gasteiger partial charge on any atom is -0.494 e. The van der Waals surface area contributed by atoms with Gasteiger partial charge in [0.15, 0.2) is 0 Å². The molecule has 2 nitrogen and oxygen atoms in total. The molecule has 2 aromatic rings. The van der Waals surface area contributed by atoms with Crippen molar-refractivity contribution in [2.24, 2.45) is 0 Å². The fourth-order valence-electron chi connectivity index (χ4n) is 1.62. The predicted octanol–water partition coefficient (Wildman–Crippen LogP) is 3.15. The number of pyridine rings is 1. The molecule has 0 saturated carbocycles. The highest BCUT2D eigenvalue weighted by Gasteiger charge is 1.95. The zero-order chi connectivity index (χ0) is 11.9. The Labute approximate surface area is 102 Å². The molecule has 1 aromatic heterocycles. The third-order valence-electron chi connectivity index (χ3n) is 2.49. The maximum Gasteiger partial charge on any atom is 0.119 e. The molecule has 2 rings (SSSR count). The number of benzene rings is 1. The molecule has 0 bridgehead atoms. The second-order valence-electron chi connectivity index (χ2n) is 3.88. The van der Waals surface area contributed by atoms with E-state index in [9.17, 15) is 0 Å². The van der Waals surface area contributed by atoms with E-state index in [0.717, 1.165) is 24.2 Å². The number of ether oxygens (including phenoxy) is 1. The van der Waals surface area contributed by atoms with Gasteiger partial charge in [-0.3, -0.25) is 4.98 Å². The summed E-state index contributed by atoms with van der Waals surface area (Å²) in [6, 6.07) is 11.6. The molecule has 2 radical (unpaired) electrons. The average molecular weight is 225 g/mol. The van der Waals surface area contributed by atoms with Crippen LogP contribution in [0.1, 0.15) is 17.5 Å². The van der Waals surface area contributed by atoms with Gasteiger partial charge in [-0.1, -0.05) is 12.1 Å². The van der Waals surface area contributed by atoms with Crippen LogP contribution in [0.5, 0.6) is 5.75 Å². The van der Waals surface area contributed by atoms with Gasteiger partial charge in [-0.25, -0.2) is 0 Å². The fraction of sp³-hybridized carbons (Fsp3) is 0.200. The summed E-state index contributed by atoms with van der Waals surface area (Å²) in [6.45, 7) is 6.37. The van der Waals surface area contributed by atoms with Gasteiger partial charge in [0.2, 0.25) is 0 Å². The van der Waals surface area contributed by atoms with E-state index < -0.39 is 0 Å². The van der Waals surface area contributed by atoms with Gasteiger partial charge in [0.05, 0.1) is 6.61 Å². The van der Waals surface area contributed by atoms with E-state index in [1.807, 2.05) is 48.8 Å². The Morgan fingerprint density at radius 3 is 2.71 bits per heavy atom. The number of aromatic nitrogens is 1. The van der Waals surface area contributed by atoms with Crippen molar-refractivity contribution in [3.8, 4) is 5.75 Å². The van der Waals surface area contributed by atoms with E-state index in [0.29, 0.717) is 6.61 Å². The first-order valence-corrected chi connectivity index (χ1v) is 5.72. The van der Waals surface area contributed by atoms with Gasteiger partial charge in [0.25, 0.3) is 0 Å². The number of hydrogen-bond donors (Lipinski definition) is 0. The van der Waals surface area contributed by atoms with Gasteiger partial charge in [0.1, 0.15) is 5.75 Å². The maximum atomic E-state index is 5.67. The summed E-state index contributed by atoms with van der Waals surface area (Å²) in [6.07, 6.45) is 5.62. The van der Waals surface area contributed by atoms with E-state index in [4.69, 9.17) is 11.7 Å². The summed E-state index contributed by atoms with van der Waals surface area (Å²) in [5.74, 6) is 0.833. The molecule has 0 unspecified atom stereocenters. The Morgan fingerprint density at radius 2 is 1.94 bits per heavy atom. The van der Waals surface area contributed by atoms with E-state index >= 15 is 0 Å². The van der Waals surface area contributed by atoms with Crippen LogP contribution in [0.3, 0.4) is 0 Å². The van der Waals surface area contributed by atoms with E-state index in [2.05, 4.69) is 4.98 Å². The van der Waals surface area contributed by atoms with Crippen molar-refractivity contribution in [2.75, 3.05) is 6.61 Å². The van der Waals surface area contributed by atoms with Crippen LogP contribution in [-0.4, -0.2) is 11.6 Å². The summed E-state index contributed by atoms with van der Waals surface area (Å²) < 4.78 is 5.61. The highest BCUT2D eigenvalue weighted by molar-refractivity contribution is 5.29. The molecule has 2 heteroatoms. The Hall–Kier alpha value is -1.83. The molecule has 0 aliphatic rings. The van der Waals surface area contributed by atoms with Crippen LogP contribution >= 0.6 is 0 Å². The van der Waals surface area contributed by atoms with Crippen LogP contribution in [-0.2, 0) is 6.42 Å². The first kappa shape index (κ1) is 11.6. The van der Waals surface area contributed by atoms with E-state index in [-0.39, 0.29) is 0 Å². The summed E-state index contributed by atoms with van der Waals surface area (Å²) in [4.78, 5) is 3.99. The first-order chi connectivity index (χ1) is 8.34. The van der Waals surface area contributed by atoms with Crippen LogP contribution in [0.4, 0.5) is 0 Å². The van der Waals surface area contributed by atoms with Gasteiger partial charge >= 0.3 is 0 Å². The fourth-order valence-corrected chi connectivity index (χ4v) is 1.62. The lowest BCUT2D eigenvalue weighted by atomic mass is 10.1. The van der Waals surface area contributed by atoms with Crippen molar-refractivity contribution in [1.82, 2.24) is 4.98 Å². The molecular formula is C15H15NO. The van der Waals surface area contributed by atoms with Crippen molar-refractivity contribution in [3.63, 3.8) is 0 Å². The Bertz CT molecular complexity index is 453. The maximum absolute atomic E-state index is 5.67. The van der Waals surface area contributed by atoms with Crippen LogP contribution < -0.4 is 4.74 Å². The third kappa shape index (κ3) is 3.91. The molecule has 17 heavy (non-hydrogen) atoms. The van der Waals surface area contributed by atoms with Crippen LogP contribution in [0.2, 0.25) is 0 Å². The number of aryl methyl sites for hydroxylation is 1. The second-order valence-corrected chi connectivity index (χ2v) is 3.88. The molecule has 0 saturated heterocycles. The summed E-state index contributed by atoms with van der Waals surface area (Å²) in [7, 11) is 0. The van der Waals surface area contributed by atoms with E-state index in [1.165, 1.54) is 5.56 Å². The zero-order valence-corrected chi connectivity index (χ0v) is 9.67. The van der Waals surface area contributed by atoms with Crippen LogP contribution in [0.25, 0.3) is 0 Å². The van der Waals surface area contributed by atoms with Crippen molar-refractivity contribution in [1.29, 1.82) is 0 Å². The topological polar surface area (TPSA) is 22.1 Å². The number of rotatable bonds is 5. The molecule has 0 aliphatic heterocycles. The third-order valence-corrected chi connectivity index (χ3v) is 2.49. The molecule has 86 valence electrons.